The van der Waals surface area contributed by atoms with E-state index in [0.29, 0.717) is 17.6 Å². The highest BCUT2D eigenvalue weighted by Crippen LogP contribution is 2.46. The van der Waals surface area contributed by atoms with Crippen LogP contribution in [0.5, 0.6) is 0 Å². The second-order valence-electron chi connectivity index (χ2n) is 17.3. The largest absolute Gasteiger partial charge is 0.309 e. The van der Waals surface area contributed by atoms with Gasteiger partial charge in [-0.15, -0.1) is 0 Å². The van der Waals surface area contributed by atoms with Crippen LogP contribution in [0.25, 0.3) is 55.8 Å². The van der Waals surface area contributed by atoms with Crippen molar-refractivity contribution in [1.29, 1.82) is 0 Å². The summed E-state index contributed by atoms with van der Waals surface area (Å²) in [6.45, 7) is 13.2. The molecule has 10 rings (SSSR count). The lowest BCUT2D eigenvalue weighted by atomic mass is 9.95. The molecule has 320 valence electrons. The highest BCUT2D eigenvalue weighted by atomic mass is 15.3. The van der Waals surface area contributed by atoms with E-state index in [0.717, 1.165) is 61.2 Å². The van der Waals surface area contributed by atoms with E-state index >= 15 is 0 Å². The normalized spacial score (nSPS) is 11.2. The maximum atomic E-state index is 5.52. The lowest BCUT2D eigenvalue weighted by Gasteiger charge is -2.32. The molecule has 0 fully saturated rings. The molecule has 0 aliphatic rings. The lowest BCUT2D eigenvalue weighted by Crippen LogP contribution is -2.18. The molecule has 0 N–H and O–H groups in total. The second kappa shape index (κ2) is 17.8. The van der Waals surface area contributed by atoms with E-state index < -0.39 is 0 Å². The summed E-state index contributed by atoms with van der Waals surface area (Å²) in [5.41, 5.74) is 18.8. The Bertz CT molecular complexity index is 3260. The molecule has 0 amide bonds. The number of benzene rings is 9. The number of aromatic nitrogens is 3. The van der Waals surface area contributed by atoms with Gasteiger partial charge in [-0.2, -0.15) is 9.97 Å². The van der Waals surface area contributed by atoms with Gasteiger partial charge >= 0.3 is 0 Å². The van der Waals surface area contributed by atoms with Crippen molar-refractivity contribution in [3.63, 3.8) is 0 Å². The number of hydrogen-bond donors (Lipinski definition) is 0. The van der Waals surface area contributed by atoms with Gasteiger partial charge in [0, 0.05) is 28.1 Å². The maximum absolute atomic E-state index is 5.52. The second-order valence-corrected chi connectivity index (χ2v) is 17.3. The van der Waals surface area contributed by atoms with Crippen molar-refractivity contribution in [2.24, 2.45) is 0 Å². The van der Waals surface area contributed by atoms with Crippen molar-refractivity contribution >= 4 is 45.2 Å². The molecule has 10 aromatic rings. The van der Waals surface area contributed by atoms with Gasteiger partial charge in [0.1, 0.15) is 0 Å². The minimum absolute atomic E-state index is 0.509. The van der Waals surface area contributed by atoms with E-state index in [1.54, 1.807) is 0 Å². The third-order valence-corrected chi connectivity index (χ3v) is 12.4. The van der Waals surface area contributed by atoms with Crippen molar-refractivity contribution in [2.45, 2.75) is 41.5 Å². The van der Waals surface area contributed by atoms with Gasteiger partial charge in [0.05, 0.1) is 17.1 Å². The molecule has 0 unspecified atom stereocenters. The van der Waals surface area contributed by atoms with E-state index in [2.05, 4.69) is 233 Å². The van der Waals surface area contributed by atoms with Crippen molar-refractivity contribution in [3.8, 4) is 45.0 Å². The topological polar surface area (TPSA) is 45.2 Å². The SMILES string of the molecule is Cc1cc(C)c(N(c2ccc(N(c3nc(-c4ccccc4)nc(-c4cc5ccccc5cc4-c4ccccc4)n3)c3ccccc3-c3ccccc3)cc2)c2c(C)cc(C)cc2C)c(C)c1. The maximum Gasteiger partial charge on any atom is 0.238 e. The third kappa shape index (κ3) is 8.12. The molecule has 0 spiro atoms. The Morgan fingerprint density at radius 3 is 1.26 bits per heavy atom. The summed E-state index contributed by atoms with van der Waals surface area (Å²) >= 11 is 0. The monoisotopic (exact) mass is 853 g/mol. The first-order valence-corrected chi connectivity index (χ1v) is 22.6. The number of anilines is 6. The van der Waals surface area contributed by atoms with Gasteiger partial charge in [0.25, 0.3) is 0 Å². The number of aryl methyl sites for hydroxylation is 6. The zero-order valence-corrected chi connectivity index (χ0v) is 38.3. The molecule has 1 aromatic heterocycles. The Balaban J connectivity index is 1.23. The molecular formula is C61H51N5. The predicted octanol–water partition coefficient (Wildman–Crippen LogP) is 16.5. The van der Waals surface area contributed by atoms with Gasteiger partial charge in [0.2, 0.25) is 5.95 Å². The Kier molecular flexibility index (Phi) is 11.3. The van der Waals surface area contributed by atoms with Crippen LogP contribution in [-0.4, -0.2) is 15.0 Å². The first-order chi connectivity index (χ1) is 32.2. The van der Waals surface area contributed by atoms with Crippen molar-refractivity contribution in [1.82, 2.24) is 15.0 Å². The fourth-order valence-electron chi connectivity index (χ4n) is 9.65. The molecule has 0 saturated carbocycles. The Morgan fingerprint density at radius 1 is 0.318 bits per heavy atom. The van der Waals surface area contributed by atoms with Crippen LogP contribution < -0.4 is 9.80 Å². The summed E-state index contributed by atoms with van der Waals surface area (Å²) in [6.07, 6.45) is 0. The molecule has 0 radical (unpaired) electrons. The van der Waals surface area contributed by atoms with Gasteiger partial charge in [-0.3, -0.25) is 4.90 Å². The Morgan fingerprint density at radius 2 is 0.727 bits per heavy atom. The fraction of sp³-hybridized carbons (Fsp3) is 0.0984. The third-order valence-electron chi connectivity index (χ3n) is 12.4. The molecule has 9 aromatic carbocycles. The lowest BCUT2D eigenvalue weighted by molar-refractivity contribution is 1.02. The molecule has 0 atom stereocenters. The number of fused-ring (bicyclic) bond motifs is 1. The van der Waals surface area contributed by atoms with Gasteiger partial charge in [-0.05, 0) is 134 Å². The summed E-state index contributed by atoms with van der Waals surface area (Å²) < 4.78 is 0. The molecule has 5 heteroatoms. The zero-order chi connectivity index (χ0) is 45.3. The average molecular weight is 854 g/mol. The van der Waals surface area contributed by atoms with Crippen LogP contribution in [-0.2, 0) is 0 Å². The van der Waals surface area contributed by atoms with Crippen LogP contribution in [0.2, 0.25) is 0 Å². The van der Waals surface area contributed by atoms with Gasteiger partial charge < -0.3 is 4.90 Å². The molecular weight excluding hydrogens is 803 g/mol. The van der Waals surface area contributed by atoms with Gasteiger partial charge in [0.15, 0.2) is 11.6 Å². The van der Waals surface area contributed by atoms with E-state index in [4.69, 9.17) is 15.0 Å². The van der Waals surface area contributed by atoms with E-state index in [1.165, 1.54) is 44.8 Å². The Hall–Kier alpha value is -8.15. The smallest absolute Gasteiger partial charge is 0.238 e. The zero-order valence-electron chi connectivity index (χ0n) is 38.3. The number of rotatable bonds is 10. The molecule has 5 nitrogen and oxygen atoms in total. The van der Waals surface area contributed by atoms with Crippen molar-refractivity contribution in [2.75, 3.05) is 9.80 Å². The van der Waals surface area contributed by atoms with Gasteiger partial charge in [-0.1, -0.05) is 169 Å². The van der Waals surface area contributed by atoms with Crippen molar-refractivity contribution < 1.29 is 0 Å². The first kappa shape index (κ1) is 41.8. The molecule has 0 bridgehead atoms. The van der Waals surface area contributed by atoms with Crippen LogP contribution in [0.15, 0.2) is 200 Å². The highest BCUT2D eigenvalue weighted by molar-refractivity contribution is 5.96. The Labute approximate surface area is 388 Å². The minimum atomic E-state index is 0.509. The van der Waals surface area contributed by atoms with Crippen LogP contribution in [0.4, 0.5) is 34.4 Å². The first-order valence-electron chi connectivity index (χ1n) is 22.6. The molecule has 0 aliphatic heterocycles. The van der Waals surface area contributed by atoms with E-state index in [1.807, 2.05) is 18.2 Å². The molecule has 0 aliphatic carbocycles. The molecule has 0 saturated heterocycles. The fourth-order valence-corrected chi connectivity index (χ4v) is 9.65. The van der Waals surface area contributed by atoms with E-state index in [9.17, 15) is 0 Å². The standard InChI is InChI=1S/C61H51N5/c1-40-34-42(3)57(43(4)35-40)66(58-44(5)36-41(2)37-45(58)6)52-32-30-51(31-33-52)65(56-29-19-18-28-53(56)46-20-10-7-11-21-46)61-63-59(48-24-14-9-15-25-48)62-60(64-61)55-39-50-27-17-16-26-49(50)38-54(55)47-22-12-8-13-23-47/h7-39H,1-6H3. The van der Waals surface area contributed by atoms with Crippen LogP contribution in [0.3, 0.4) is 0 Å². The summed E-state index contributed by atoms with van der Waals surface area (Å²) in [6, 6.07) is 70.8. The summed E-state index contributed by atoms with van der Waals surface area (Å²) in [7, 11) is 0. The molecule has 1 heterocycles. The van der Waals surface area contributed by atoms with Crippen LogP contribution in [0, 0.1) is 41.5 Å². The number of nitrogens with zero attached hydrogens (tertiary/aromatic N) is 5. The highest BCUT2D eigenvalue weighted by Gasteiger charge is 2.26. The van der Waals surface area contributed by atoms with Crippen molar-refractivity contribution in [3.05, 3.63) is 234 Å². The minimum Gasteiger partial charge on any atom is -0.309 e. The predicted molar refractivity (Wildman–Crippen MR) is 277 cm³/mol. The number of hydrogen-bond acceptors (Lipinski definition) is 5. The van der Waals surface area contributed by atoms with E-state index in [-0.39, 0.29) is 0 Å². The number of para-hydroxylation sites is 1. The van der Waals surface area contributed by atoms with Crippen LogP contribution in [0.1, 0.15) is 33.4 Å². The summed E-state index contributed by atoms with van der Waals surface area (Å²) in [5.74, 6) is 1.68. The molecule has 66 heavy (non-hydrogen) atoms. The van der Waals surface area contributed by atoms with Gasteiger partial charge in [-0.25, -0.2) is 4.98 Å². The average Bonchev–Trinajstić information content (AvgIpc) is 3.34. The summed E-state index contributed by atoms with van der Waals surface area (Å²) in [4.78, 5) is 20.9. The van der Waals surface area contributed by atoms with Crippen LogP contribution >= 0.6 is 0 Å². The summed E-state index contributed by atoms with van der Waals surface area (Å²) in [5, 5.41) is 2.26. The quantitative estimate of drug-likeness (QED) is 0.137.